The Balaban J connectivity index is 1.64. The minimum absolute atomic E-state index is 0.217. The number of rotatable bonds is 3. The monoisotopic (exact) mass is 369 g/mol. The minimum Gasteiger partial charge on any atom is -0.451 e. The van der Waals surface area contributed by atoms with Crippen molar-refractivity contribution in [3.8, 4) is 11.3 Å². The standard InChI is InChI=1S/C18H12ClN3O2S/c1-10-5-6-13-17(22-25-21-13)16(10)20-18(23)15-8-7-14(24-15)11-3-2-4-12(19)9-11/h2-9H,1H3,(H,20,23). The molecule has 0 atom stereocenters. The van der Waals surface area contributed by atoms with E-state index in [9.17, 15) is 4.79 Å². The van der Waals surface area contributed by atoms with Crippen molar-refractivity contribution in [3.63, 3.8) is 0 Å². The van der Waals surface area contributed by atoms with Crippen LogP contribution >= 0.6 is 23.3 Å². The van der Waals surface area contributed by atoms with Crippen molar-refractivity contribution in [3.05, 3.63) is 64.9 Å². The maximum absolute atomic E-state index is 12.6. The second kappa shape index (κ2) is 6.31. The van der Waals surface area contributed by atoms with Gasteiger partial charge in [0.1, 0.15) is 16.8 Å². The fourth-order valence-corrected chi connectivity index (χ4v) is 3.27. The van der Waals surface area contributed by atoms with Gasteiger partial charge in [-0.3, -0.25) is 4.79 Å². The molecule has 0 spiro atoms. The van der Waals surface area contributed by atoms with Crippen LogP contribution in [0.4, 0.5) is 5.69 Å². The number of benzene rings is 2. The van der Waals surface area contributed by atoms with Crippen LogP contribution < -0.4 is 5.32 Å². The van der Waals surface area contributed by atoms with Gasteiger partial charge in [0.2, 0.25) is 0 Å². The molecule has 7 heteroatoms. The van der Waals surface area contributed by atoms with E-state index in [-0.39, 0.29) is 11.7 Å². The van der Waals surface area contributed by atoms with E-state index in [0.29, 0.717) is 22.0 Å². The van der Waals surface area contributed by atoms with Crippen LogP contribution in [0, 0.1) is 6.92 Å². The first-order valence-corrected chi connectivity index (χ1v) is 8.61. The Morgan fingerprint density at radius 1 is 1.16 bits per heavy atom. The lowest BCUT2D eigenvalue weighted by Gasteiger charge is -2.07. The summed E-state index contributed by atoms with van der Waals surface area (Å²) in [4.78, 5) is 12.6. The van der Waals surface area contributed by atoms with Crippen LogP contribution in [-0.2, 0) is 0 Å². The van der Waals surface area contributed by atoms with Gasteiger partial charge in [-0.05, 0) is 42.8 Å². The third kappa shape index (κ3) is 3.01. The Labute approximate surface area is 152 Å². The van der Waals surface area contributed by atoms with E-state index in [1.54, 1.807) is 24.3 Å². The quantitative estimate of drug-likeness (QED) is 0.541. The van der Waals surface area contributed by atoms with Gasteiger partial charge in [0.15, 0.2) is 5.76 Å². The number of anilines is 1. The topological polar surface area (TPSA) is 68.0 Å². The molecule has 0 unspecified atom stereocenters. The van der Waals surface area contributed by atoms with Crippen LogP contribution in [0.3, 0.4) is 0 Å². The van der Waals surface area contributed by atoms with Gasteiger partial charge < -0.3 is 9.73 Å². The Morgan fingerprint density at radius 2 is 2.04 bits per heavy atom. The van der Waals surface area contributed by atoms with Crippen molar-refractivity contribution in [2.24, 2.45) is 0 Å². The van der Waals surface area contributed by atoms with Gasteiger partial charge in [0, 0.05) is 10.6 Å². The number of carbonyl (C=O) groups excluding carboxylic acids is 1. The molecule has 124 valence electrons. The molecule has 0 aliphatic carbocycles. The first-order chi connectivity index (χ1) is 12.1. The SMILES string of the molecule is Cc1ccc2nsnc2c1NC(=O)c1ccc(-c2cccc(Cl)c2)o1. The van der Waals surface area contributed by atoms with E-state index >= 15 is 0 Å². The largest absolute Gasteiger partial charge is 0.451 e. The van der Waals surface area contributed by atoms with Crippen molar-refractivity contribution >= 4 is 46.0 Å². The molecule has 0 saturated heterocycles. The summed E-state index contributed by atoms with van der Waals surface area (Å²) >= 11 is 7.11. The summed E-state index contributed by atoms with van der Waals surface area (Å²) in [5, 5.41) is 3.49. The van der Waals surface area contributed by atoms with Crippen molar-refractivity contribution in [2.75, 3.05) is 5.32 Å². The summed E-state index contributed by atoms with van der Waals surface area (Å²) in [5.74, 6) is 0.462. The van der Waals surface area contributed by atoms with Gasteiger partial charge in [-0.1, -0.05) is 29.8 Å². The number of fused-ring (bicyclic) bond motifs is 1. The number of aryl methyl sites for hydroxylation is 1. The van der Waals surface area contributed by atoms with Crippen LogP contribution in [0.15, 0.2) is 52.9 Å². The number of nitrogens with zero attached hydrogens (tertiary/aromatic N) is 2. The van der Waals surface area contributed by atoms with Gasteiger partial charge >= 0.3 is 0 Å². The lowest BCUT2D eigenvalue weighted by molar-refractivity contribution is 0.0997. The van der Waals surface area contributed by atoms with E-state index < -0.39 is 0 Å². The first-order valence-electron chi connectivity index (χ1n) is 7.51. The molecule has 1 N–H and O–H groups in total. The van der Waals surface area contributed by atoms with Crippen molar-refractivity contribution in [1.29, 1.82) is 0 Å². The molecule has 2 aromatic carbocycles. The Kier molecular flexibility index (Phi) is 3.99. The lowest BCUT2D eigenvalue weighted by Crippen LogP contribution is -2.12. The zero-order chi connectivity index (χ0) is 17.4. The predicted molar refractivity (Wildman–Crippen MR) is 99.3 cm³/mol. The van der Waals surface area contributed by atoms with Crippen molar-refractivity contribution in [1.82, 2.24) is 8.75 Å². The summed E-state index contributed by atoms with van der Waals surface area (Å²) < 4.78 is 14.1. The summed E-state index contributed by atoms with van der Waals surface area (Å²) in [6, 6.07) is 14.4. The molecule has 0 saturated carbocycles. The van der Waals surface area contributed by atoms with Crippen LogP contribution in [0.2, 0.25) is 5.02 Å². The molecule has 0 aliphatic heterocycles. The highest BCUT2D eigenvalue weighted by atomic mass is 35.5. The second-order valence-corrected chi connectivity index (χ2v) is 6.48. The zero-order valence-corrected chi connectivity index (χ0v) is 14.7. The number of carbonyl (C=O) groups is 1. The van der Waals surface area contributed by atoms with E-state index in [1.165, 1.54) is 0 Å². The van der Waals surface area contributed by atoms with Gasteiger partial charge in [-0.15, -0.1) is 0 Å². The second-order valence-electron chi connectivity index (χ2n) is 5.52. The summed E-state index contributed by atoms with van der Waals surface area (Å²) in [6.45, 7) is 1.91. The van der Waals surface area contributed by atoms with Crippen LogP contribution in [-0.4, -0.2) is 14.7 Å². The highest BCUT2D eigenvalue weighted by molar-refractivity contribution is 7.00. The highest BCUT2D eigenvalue weighted by Gasteiger charge is 2.16. The summed E-state index contributed by atoms with van der Waals surface area (Å²) in [5.41, 5.74) is 3.81. The number of furan rings is 1. The molecule has 2 aromatic heterocycles. The average Bonchev–Trinajstić information content (AvgIpc) is 3.26. The van der Waals surface area contributed by atoms with Crippen molar-refractivity contribution in [2.45, 2.75) is 6.92 Å². The molecule has 0 fully saturated rings. The van der Waals surface area contributed by atoms with Gasteiger partial charge in [-0.25, -0.2) is 0 Å². The van der Waals surface area contributed by atoms with Crippen molar-refractivity contribution < 1.29 is 9.21 Å². The van der Waals surface area contributed by atoms with Crippen LogP contribution in [0.1, 0.15) is 16.1 Å². The summed E-state index contributed by atoms with van der Waals surface area (Å²) in [7, 11) is 0. The van der Waals surface area contributed by atoms with E-state index in [1.807, 2.05) is 31.2 Å². The number of aromatic nitrogens is 2. The van der Waals surface area contributed by atoms with Gasteiger partial charge in [-0.2, -0.15) is 8.75 Å². The highest BCUT2D eigenvalue weighted by Crippen LogP contribution is 2.28. The predicted octanol–water partition coefficient (Wildman–Crippen LogP) is 5.17. The summed E-state index contributed by atoms with van der Waals surface area (Å²) in [6.07, 6.45) is 0. The Hall–Kier alpha value is -2.70. The third-order valence-electron chi connectivity index (χ3n) is 3.81. The maximum Gasteiger partial charge on any atom is 0.291 e. The van der Waals surface area contributed by atoms with Crippen LogP contribution in [0.25, 0.3) is 22.4 Å². The zero-order valence-electron chi connectivity index (χ0n) is 13.1. The van der Waals surface area contributed by atoms with E-state index in [4.69, 9.17) is 16.0 Å². The number of hydrogen-bond donors (Lipinski definition) is 1. The van der Waals surface area contributed by atoms with Crippen LogP contribution in [0.5, 0.6) is 0 Å². The number of hydrogen-bond acceptors (Lipinski definition) is 5. The maximum atomic E-state index is 12.6. The van der Waals surface area contributed by atoms with Gasteiger partial charge in [0.25, 0.3) is 5.91 Å². The molecule has 0 radical (unpaired) electrons. The molecule has 5 nitrogen and oxygen atoms in total. The average molecular weight is 370 g/mol. The minimum atomic E-state index is -0.336. The lowest BCUT2D eigenvalue weighted by atomic mass is 10.1. The molecule has 1 amide bonds. The Bertz CT molecular complexity index is 1090. The first kappa shape index (κ1) is 15.8. The Morgan fingerprint density at radius 3 is 2.88 bits per heavy atom. The normalized spacial score (nSPS) is 11.0. The number of amides is 1. The third-order valence-corrected chi connectivity index (χ3v) is 4.59. The molecule has 25 heavy (non-hydrogen) atoms. The number of nitrogens with one attached hydrogen (secondary N) is 1. The molecule has 4 aromatic rings. The molecular weight excluding hydrogens is 358 g/mol. The molecular formula is C18H12ClN3O2S. The van der Waals surface area contributed by atoms with Gasteiger partial charge in [0.05, 0.1) is 17.4 Å². The fourth-order valence-electron chi connectivity index (χ4n) is 2.54. The molecule has 2 heterocycles. The number of halogens is 1. The molecule has 4 rings (SSSR count). The fraction of sp³-hybridized carbons (Fsp3) is 0.0556. The smallest absolute Gasteiger partial charge is 0.291 e. The van der Waals surface area contributed by atoms with E-state index in [2.05, 4.69) is 14.1 Å². The van der Waals surface area contributed by atoms with E-state index in [0.717, 1.165) is 28.4 Å². The molecule has 0 bridgehead atoms. The molecule has 0 aliphatic rings.